The summed E-state index contributed by atoms with van der Waals surface area (Å²) in [5, 5.41) is 10.1. The molecule has 2 atom stereocenters. The van der Waals surface area contributed by atoms with Crippen molar-refractivity contribution in [3.8, 4) is 0 Å². The van der Waals surface area contributed by atoms with E-state index in [1.54, 1.807) is 4.90 Å². The second-order valence-corrected chi connectivity index (χ2v) is 3.43. The molecule has 0 saturated carbocycles. The number of amides is 2. The van der Waals surface area contributed by atoms with E-state index in [0.717, 1.165) is 10.6 Å². The Morgan fingerprint density at radius 1 is 1.67 bits per heavy atom. The molecule has 1 N–H and O–H groups in total. The van der Waals surface area contributed by atoms with E-state index in [2.05, 4.69) is 0 Å². The smallest absolute Gasteiger partial charge is 0.314 e. The number of hydrogen-bond donors (Lipinski definition) is 1. The van der Waals surface area contributed by atoms with E-state index in [-0.39, 0.29) is 18.1 Å². The fraction of sp³-hybridized carbons (Fsp3) is 0.625. The molecule has 2 heterocycles. The van der Waals surface area contributed by atoms with Crippen molar-refractivity contribution in [3.63, 3.8) is 0 Å². The van der Waals surface area contributed by atoms with Crippen molar-refractivity contribution >= 4 is 6.03 Å². The first-order valence-corrected chi connectivity index (χ1v) is 4.08. The number of hydroxylamine groups is 2. The molecular weight excluding hydrogens is 156 g/mol. The Hall–Kier alpha value is -1.03. The summed E-state index contributed by atoms with van der Waals surface area (Å²) >= 11 is 0. The second-order valence-electron chi connectivity index (χ2n) is 3.43. The number of fused-ring (bicyclic) bond motifs is 2. The zero-order chi connectivity index (χ0) is 8.88. The van der Waals surface area contributed by atoms with Crippen molar-refractivity contribution in [2.24, 2.45) is 0 Å². The van der Waals surface area contributed by atoms with Gasteiger partial charge in [0, 0.05) is 6.54 Å². The highest BCUT2D eigenvalue weighted by Crippen LogP contribution is 2.26. The van der Waals surface area contributed by atoms with Gasteiger partial charge in [0.15, 0.2) is 0 Å². The van der Waals surface area contributed by atoms with Crippen LogP contribution in [0.25, 0.3) is 0 Å². The van der Waals surface area contributed by atoms with E-state index in [1.165, 1.54) is 0 Å². The molecule has 0 aromatic carbocycles. The lowest BCUT2D eigenvalue weighted by molar-refractivity contribution is -0.0452. The Balaban J connectivity index is 2.36. The van der Waals surface area contributed by atoms with Gasteiger partial charge in [-0.3, -0.25) is 5.21 Å². The van der Waals surface area contributed by atoms with Crippen LogP contribution < -0.4 is 0 Å². The summed E-state index contributed by atoms with van der Waals surface area (Å²) in [7, 11) is 0. The number of carbonyl (C=O) groups is 1. The molecule has 0 aromatic heterocycles. The van der Waals surface area contributed by atoms with E-state index in [1.807, 2.05) is 19.9 Å². The molecule has 1 saturated heterocycles. The molecule has 2 aliphatic rings. The summed E-state index contributed by atoms with van der Waals surface area (Å²) in [6.07, 6.45) is 1.95. The first kappa shape index (κ1) is 7.61. The third kappa shape index (κ3) is 0.783. The van der Waals surface area contributed by atoms with Crippen LogP contribution in [0.1, 0.15) is 13.8 Å². The van der Waals surface area contributed by atoms with Gasteiger partial charge >= 0.3 is 6.03 Å². The van der Waals surface area contributed by atoms with Gasteiger partial charge in [0.1, 0.15) is 0 Å². The average molecular weight is 168 g/mol. The van der Waals surface area contributed by atoms with Gasteiger partial charge in [0.05, 0.1) is 12.1 Å². The van der Waals surface area contributed by atoms with Crippen molar-refractivity contribution in [1.82, 2.24) is 9.96 Å². The zero-order valence-corrected chi connectivity index (χ0v) is 7.19. The van der Waals surface area contributed by atoms with E-state index in [0.29, 0.717) is 6.54 Å². The molecule has 2 amide bonds. The fourth-order valence-electron chi connectivity index (χ4n) is 1.77. The molecule has 2 rings (SSSR count). The van der Waals surface area contributed by atoms with Crippen LogP contribution in [0.15, 0.2) is 11.6 Å². The van der Waals surface area contributed by atoms with Gasteiger partial charge in [-0.1, -0.05) is 11.6 Å². The summed E-state index contributed by atoms with van der Waals surface area (Å²) in [4.78, 5) is 13.0. The van der Waals surface area contributed by atoms with Gasteiger partial charge in [-0.05, 0) is 13.8 Å². The number of rotatable bonds is 0. The number of nitrogens with zero attached hydrogens (tertiary/aromatic N) is 2. The van der Waals surface area contributed by atoms with Gasteiger partial charge in [-0.25, -0.2) is 4.79 Å². The Morgan fingerprint density at radius 2 is 2.33 bits per heavy atom. The van der Waals surface area contributed by atoms with Crippen molar-refractivity contribution in [2.45, 2.75) is 25.9 Å². The van der Waals surface area contributed by atoms with E-state index >= 15 is 0 Å². The van der Waals surface area contributed by atoms with Crippen LogP contribution in [-0.4, -0.2) is 39.8 Å². The lowest BCUT2D eigenvalue weighted by atomic mass is 10.0. The number of hydrogen-bond acceptors (Lipinski definition) is 2. The van der Waals surface area contributed by atoms with Crippen LogP contribution >= 0.6 is 0 Å². The lowest BCUT2D eigenvalue weighted by Gasteiger charge is -2.26. The number of urea groups is 1. The molecule has 1 fully saturated rings. The molecule has 66 valence electrons. The minimum Gasteiger partial charge on any atom is -0.314 e. The summed E-state index contributed by atoms with van der Waals surface area (Å²) in [6, 6.07) is -0.278. The zero-order valence-electron chi connectivity index (χ0n) is 7.19. The van der Waals surface area contributed by atoms with Gasteiger partial charge in [-0.2, -0.15) is 5.06 Å². The van der Waals surface area contributed by atoms with Crippen molar-refractivity contribution in [1.29, 1.82) is 0 Å². The van der Waals surface area contributed by atoms with Gasteiger partial charge in [0.25, 0.3) is 0 Å². The molecule has 2 bridgehead atoms. The average Bonchev–Trinajstić information content (AvgIpc) is 2.28. The Morgan fingerprint density at radius 3 is 3.00 bits per heavy atom. The predicted molar refractivity (Wildman–Crippen MR) is 42.7 cm³/mol. The predicted octanol–water partition coefficient (Wildman–Crippen LogP) is 0.830. The molecule has 12 heavy (non-hydrogen) atoms. The molecule has 4 heteroatoms. The molecule has 0 unspecified atom stereocenters. The summed E-state index contributed by atoms with van der Waals surface area (Å²) in [6.45, 7) is 4.57. The highest BCUT2D eigenvalue weighted by atomic mass is 16.5. The van der Waals surface area contributed by atoms with E-state index in [9.17, 15) is 10.0 Å². The topological polar surface area (TPSA) is 43.8 Å². The largest absolute Gasteiger partial charge is 0.344 e. The van der Waals surface area contributed by atoms with Crippen LogP contribution in [0, 0.1) is 0 Å². The quantitative estimate of drug-likeness (QED) is 0.430. The second kappa shape index (κ2) is 2.23. The van der Waals surface area contributed by atoms with Crippen LogP contribution in [0.3, 0.4) is 0 Å². The Labute approximate surface area is 71.0 Å². The third-order valence-electron chi connectivity index (χ3n) is 2.72. The third-order valence-corrected chi connectivity index (χ3v) is 2.72. The molecule has 0 aromatic rings. The van der Waals surface area contributed by atoms with Crippen molar-refractivity contribution in [2.75, 3.05) is 6.54 Å². The van der Waals surface area contributed by atoms with Crippen LogP contribution in [0.5, 0.6) is 0 Å². The fourth-order valence-corrected chi connectivity index (χ4v) is 1.77. The summed E-state index contributed by atoms with van der Waals surface area (Å²) in [5.74, 6) is 0. The molecule has 2 aliphatic heterocycles. The van der Waals surface area contributed by atoms with Crippen molar-refractivity contribution in [3.05, 3.63) is 11.6 Å². The maximum absolute atomic E-state index is 11.3. The lowest BCUT2D eigenvalue weighted by Crippen LogP contribution is -2.37. The normalized spacial score (nSPS) is 34.2. The maximum atomic E-state index is 11.3. The summed E-state index contributed by atoms with van der Waals surface area (Å²) < 4.78 is 0. The Bertz CT molecular complexity index is 262. The summed E-state index contributed by atoms with van der Waals surface area (Å²) in [5.41, 5.74) is 1.15. The number of carbonyl (C=O) groups excluding carboxylic acids is 1. The maximum Gasteiger partial charge on any atom is 0.344 e. The standard InChI is InChI=1S/C8H12N2O2/c1-5-3-7-4-9(6(5)2)8(11)10(7)12/h3,6-7,12H,4H2,1-2H3/t6-,7+/m1/s1. The van der Waals surface area contributed by atoms with Crippen molar-refractivity contribution < 1.29 is 10.0 Å². The van der Waals surface area contributed by atoms with Gasteiger partial charge < -0.3 is 4.90 Å². The molecular formula is C8H12N2O2. The SMILES string of the molecule is CC1=C[C@H]2CN(C(=O)N2O)[C@@H]1C. The molecule has 0 radical (unpaired) electrons. The molecule has 0 spiro atoms. The van der Waals surface area contributed by atoms with Gasteiger partial charge in [-0.15, -0.1) is 0 Å². The van der Waals surface area contributed by atoms with Crippen LogP contribution in [0.4, 0.5) is 4.79 Å². The highest BCUT2D eigenvalue weighted by Gasteiger charge is 2.41. The monoisotopic (exact) mass is 168 g/mol. The van der Waals surface area contributed by atoms with Crippen LogP contribution in [-0.2, 0) is 0 Å². The Kier molecular flexibility index (Phi) is 1.41. The van der Waals surface area contributed by atoms with E-state index < -0.39 is 0 Å². The molecule has 0 aliphatic carbocycles. The minimum atomic E-state index is -0.277. The first-order valence-electron chi connectivity index (χ1n) is 4.08. The highest BCUT2D eigenvalue weighted by molar-refractivity contribution is 5.78. The van der Waals surface area contributed by atoms with Crippen LogP contribution in [0.2, 0.25) is 0 Å². The minimum absolute atomic E-state index is 0.130. The molecule has 4 nitrogen and oxygen atoms in total. The van der Waals surface area contributed by atoms with E-state index in [4.69, 9.17) is 0 Å². The first-order chi connectivity index (χ1) is 5.61. The van der Waals surface area contributed by atoms with Gasteiger partial charge in [0.2, 0.25) is 0 Å².